The largest absolute Gasteiger partial charge is 0.461 e. The standard InChI is InChI=1S/C13H16N4O2/c1-2-3-8-19-13(18)10-9-11(14)17(16-10)12-6-4-5-7-15-12/h4-7,9H,2-3,8,14H2,1H3. The molecular weight excluding hydrogens is 244 g/mol. The van der Waals surface area contributed by atoms with Gasteiger partial charge in [0.1, 0.15) is 5.82 Å². The molecule has 100 valence electrons. The molecule has 2 rings (SSSR count). The van der Waals surface area contributed by atoms with Crippen LogP contribution in [-0.2, 0) is 4.74 Å². The monoisotopic (exact) mass is 260 g/mol. The summed E-state index contributed by atoms with van der Waals surface area (Å²) < 4.78 is 6.50. The summed E-state index contributed by atoms with van der Waals surface area (Å²) in [5, 5.41) is 4.11. The smallest absolute Gasteiger partial charge is 0.358 e. The fraction of sp³-hybridized carbons (Fsp3) is 0.308. The summed E-state index contributed by atoms with van der Waals surface area (Å²) in [4.78, 5) is 15.9. The van der Waals surface area contributed by atoms with Crippen LogP contribution < -0.4 is 5.73 Å². The maximum atomic E-state index is 11.7. The molecule has 2 N–H and O–H groups in total. The van der Waals surface area contributed by atoms with Crippen molar-refractivity contribution >= 4 is 11.8 Å². The van der Waals surface area contributed by atoms with Gasteiger partial charge in [-0.25, -0.2) is 9.78 Å². The van der Waals surface area contributed by atoms with Crippen LogP contribution >= 0.6 is 0 Å². The van der Waals surface area contributed by atoms with Gasteiger partial charge in [-0.2, -0.15) is 9.78 Å². The van der Waals surface area contributed by atoms with Gasteiger partial charge in [0.05, 0.1) is 6.61 Å². The minimum atomic E-state index is -0.463. The number of unbranched alkanes of at least 4 members (excludes halogenated alkanes) is 1. The number of hydrogen-bond acceptors (Lipinski definition) is 5. The second kappa shape index (κ2) is 5.99. The van der Waals surface area contributed by atoms with Crippen molar-refractivity contribution in [2.75, 3.05) is 12.3 Å². The van der Waals surface area contributed by atoms with Crippen molar-refractivity contribution in [3.8, 4) is 5.82 Å². The first-order valence-corrected chi connectivity index (χ1v) is 6.16. The van der Waals surface area contributed by atoms with Crippen LogP contribution in [-0.4, -0.2) is 27.3 Å². The zero-order valence-corrected chi connectivity index (χ0v) is 10.7. The zero-order chi connectivity index (χ0) is 13.7. The second-order valence-corrected chi connectivity index (χ2v) is 4.04. The van der Waals surface area contributed by atoms with Crippen LogP contribution in [0.25, 0.3) is 5.82 Å². The second-order valence-electron chi connectivity index (χ2n) is 4.04. The molecule has 0 spiro atoms. The van der Waals surface area contributed by atoms with E-state index < -0.39 is 5.97 Å². The Hall–Kier alpha value is -2.37. The molecule has 2 heterocycles. The Labute approximate surface area is 111 Å². The van der Waals surface area contributed by atoms with E-state index in [0.717, 1.165) is 12.8 Å². The van der Waals surface area contributed by atoms with Gasteiger partial charge in [-0.3, -0.25) is 0 Å². The maximum Gasteiger partial charge on any atom is 0.358 e. The quantitative estimate of drug-likeness (QED) is 0.654. The van der Waals surface area contributed by atoms with E-state index in [1.165, 1.54) is 10.7 Å². The summed E-state index contributed by atoms with van der Waals surface area (Å²) in [6.45, 7) is 2.42. The van der Waals surface area contributed by atoms with E-state index in [0.29, 0.717) is 18.2 Å². The van der Waals surface area contributed by atoms with Gasteiger partial charge in [-0.15, -0.1) is 0 Å². The summed E-state index contributed by atoms with van der Waals surface area (Å²) in [6, 6.07) is 6.87. The lowest BCUT2D eigenvalue weighted by Gasteiger charge is -2.01. The minimum absolute atomic E-state index is 0.194. The number of nitrogens with two attached hydrogens (primary N) is 1. The Morgan fingerprint density at radius 3 is 3.00 bits per heavy atom. The average Bonchev–Trinajstić information content (AvgIpc) is 2.82. The number of carbonyl (C=O) groups excluding carboxylic acids is 1. The summed E-state index contributed by atoms with van der Waals surface area (Å²) in [5.41, 5.74) is 6.01. The normalized spacial score (nSPS) is 10.4. The first-order chi connectivity index (χ1) is 9.22. The third-order valence-electron chi connectivity index (χ3n) is 2.54. The van der Waals surface area contributed by atoms with Crippen molar-refractivity contribution < 1.29 is 9.53 Å². The number of pyridine rings is 1. The molecule has 0 aromatic carbocycles. The molecule has 0 fully saturated rings. The van der Waals surface area contributed by atoms with E-state index in [1.54, 1.807) is 18.3 Å². The van der Waals surface area contributed by atoms with Gasteiger partial charge in [0.15, 0.2) is 11.5 Å². The fourth-order valence-electron chi connectivity index (χ4n) is 1.54. The van der Waals surface area contributed by atoms with Crippen LogP contribution in [0, 0.1) is 0 Å². The van der Waals surface area contributed by atoms with E-state index >= 15 is 0 Å². The lowest BCUT2D eigenvalue weighted by atomic mass is 10.3. The van der Waals surface area contributed by atoms with Crippen molar-refractivity contribution in [3.63, 3.8) is 0 Å². The van der Waals surface area contributed by atoms with Crippen LogP contribution in [0.2, 0.25) is 0 Å². The molecule has 0 amide bonds. The third-order valence-corrected chi connectivity index (χ3v) is 2.54. The van der Waals surface area contributed by atoms with E-state index in [2.05, 4.69) is 10.1 Å². The Bertz CT molecular complexity index is 551. The number of carbonyl (C=O) groups is 1. The van der Waals surface area contributed by atoms with Crippen molar-refractivity contribution in [3.05, 3.63) is 36.2 Å². The van der Waals surface area contributed by atoms with Crippen LogP contribution in [0.3, 0.4) is 0 Å². The van der Waals surface area contributed by atoms with Gasteiger partial charge < -0.3 is 10.5 Å². The highest BCUT2D eigenvalue weighted by atomic mass is 16.5. The van der Waals surface area contributed by atoms with E-state index in [-0.39, 0.29) is 5.69 Å². The fourth-order valence-corrected chi connectivity index (χ4v) is 1.54. The van der Waals surface area contributed by atoms with Crippen LogP contribution in [0.15, 0.2) is 30.5 Å². The highest BCUT2D eigenvalue weighted by Gasteiger charge is 2.15. The molecule has 6 heteroatoms. The van der Waals surface area contributed by atoms with Gasteiger partial charge in [-0.1, -0.05) is 19.4 Å². The minimum Gasteiger partial charge on any atom is -0.461 e. The van der Waals surface area contributed by atoms with Crippen LogP contribution in [0.5, 0.6) is 0 Å². The van der Waals surface area contributed by atoms with Gasteiger partial charge in [0, 0.05) is 12.3 Å². The molecule has 0 aliphatic rings. The average molecular weight is 260 g/mol. The number of hydrogen-bond donors (Lipinski definition) is 1. The number of nitrogens with zero attached hydrogens (tertiary/aromatic N) is 3. The molecule has 0 aliphatic carbocycles. The molecule has 0 aliphatic heterocycles. The van der Waals surface area contributed by atoms with Gasteiger partial charge in [0.2, 0.25) is 0 Å². The third kappa shape index (κ3) is 3.09. The number of aromatic nitrogens is 3. The summed E-state index contributed by atoms with van der Waals surface area (Å²) in [6.07, 6.45) is 3.44. The van der Waals surface area contributed by atoms with Crippen molar-refractivity contribution in [1.29, 1.82) is 0 Å². The molecule has 2 aromatic heterocycles. The predicted octanol–water partition coefficient (Wildman–Crippen LogP) is 1.81. The Balaban J connectivity index is 2.15. The van der Waals surface area contributed by atoms with Crippen molar-refractivity contribution in [2.24, 2.45) is 0 Å². The molecule has 6 nitrogen and oxygen atoms in total. The number of ether oxygens (including phenoxy) is 1. The molecule has 0 bridgehead atoms. The summed E-state index contributed by atoms with van der Waals surface area (Å²) >= 11 is 0. The highest BCUT2D eigenvalue weighted by molar-refractivity contribution is 5.88. The number of anilines is 1. The Morgan fingerprint density at radius 2 is 2.32 bits per heavy atom. The number of esters is 1. The zero-order valence-electron chi connectivity index (χ0n) is 10.7. The Morgan fingerprint density at radius 1 is 1.47 bits per heavy atom. The van der Waals surface area contributed by atoms with Crippen molar-refractivity contribution in [2.45, 2.75) is 19.8 Å². The Kier molecular flexibility index (Phi) is 4.12. The lowest BCUT2D eigenvalue weighted by molar-refractivity contribution is 0.0492. The molecule has 0 unspecified atom stereocenters. The SMILES string of the molecule is CCCCOC(=O)c1cc(N)n(-c2ccccn2)n1. The van der Waals surface area contributed by atoms with E-state index in [1.807, 2.05) is 13.0 Å². The first-order valence-electron chi connectivity index (χ1n) is 6.16. The molecule has 0 saturated heterocycles. The predicted molar refractivity (Wildman–Crippen MR) is 71.0 cm³/mol. The number of rotatable bonds is 5. The van der Waals surface area contributed by atoms with E-state index in [4.69, 9.17) is 10.5 Å². The molecule has 0 saturated carbocycles. The molecule has 0 atom stereocenters. The number of nitrogen functional groups attached to an aromatic ring is 1. The van der Waals surface area contributed by atoms with Crippen LogP contribution in [0.4, 0.5) is 5.82 Å². The van der Waals surface area contributed by atoms with Gasteiger partial charge in [0.25, 0.3) is 0 Å². The topological polar surface area (TPSA) is 83.0 Å². The molecule has 19 heavy (non-hydrogen) atoms. The van der Waals surface area contributed by atoms with Gasteiger partial charge in [-0.05, 0) is 18.6 Å². The summed E-state index contributed by atoms with van der Waals surface area (Å²) in [5.74, 6) is 0.448. The van der Waals surface area contributed by atoms with Gasteiger partial charge >= 0.3 is 5.97 Å². The lowest BCUT2D eigenvalue weighted by Crippen LogP contribution is -2.08. The summed E-state index contributed by atoms with van der Waals surface area (Å²) in [7, 11) is 0. The maximum absolute atomic E-state index is 11.7. The van der Waals surface area contributed by atoms with Crippen molar-refractivity contribution in [1.82, 2.24) is 14.8 Å². The molecular formula is C13H16N4O2. The molecule has 0 radical (unpaired) electrons. The highest BCUT2D eigenvalue weighted by Crippen LogP contribution is 2.13. The first kappa shape index (κ1) is 13.1. The van der Waals surface area contributed by atoms with E-state index in [9.17, 15) is 4.79 Å². The molecule has 2 aromatic rings. The van der Waals surface area contributed by atoms with Crippen LogP contribution in [0.1, 0.15) is 30.3 Å².